The smallest absolute Gasteiger partial charge is 0.0181 e. The van der Waals surface area contributed by atoms with Gasteiger partial charge in [-0.05, 0) is 47.6 Å². The Morgan fingerprint density at radius 1 is 0.929 bits per heavy atom. The van der Waals surface area contributed by atoms with Crippen LogP contribution in [0.25, 0.3) is 0 Å². The van der Waals surface area contributed by atoms with Gasteiger partial charge in [0.25, 0.3) is 0 Å². The van der Waals surface area contributed by atoms with Gasteiger partial charge in [0.15, 0.2) is 0 Å². The monoisotopic (exact) mass is 254 g/mol. The zero-order valence-corrected chi connectivity index (χ0v) is 11.3. The van der Waals surface area contributed by atoms with Crippen LogP contribution in [0.1, 0.15) is 56.2 Å². The summed E-state index contributed by atoms with van der Waals surface area (Å²) in [5.41, 5.74) is 4.38. The number of rotatable bonds is 2. The fourth-order valence-corrected chi connectivity index (χ4v) is 2.41. The molecular weight excluding hydrogens is 236 g/mol. The van der Waals surface area contributed by atoms with E-state index in [0.29, 0.717) is 11.8 Å². The van der Waals surface area contributed by atoms with Crippen LogP contribution in [0, 0.1) is 6.92 Å². The van der Waals surface area contributed by atoms with Crippen molar-refractivity contribution in [3.05, 3.63) is 33.3 Å². The maximum atomic E-state index is 3.58. The molecule has 0 amide bonds. The minimum atomic E-state index is 0.602. The van der Waals surface area contributed by atoms with Crippen LogP contribution in [-0.4, -0.2) is 0 Å². The highest BCUT2D eigenvalue weighted by Gasteiger charge is 2.11. The summed E-state index contributed by atoms with van der Waals surface area (Å²) in [5.74, 6) is 1.20. The molecule has 0 aliphatic rings. The zero-order chi connectivity index (χ0) is 10.9. The standard InChI is InChI=1S/C13H19Br/c1-8(2)12-6-11(14)7-13(9(3)4)10(12)5/h6-9H,1-5H3. The topological polar surface area (TPSA) is 0 Å². The lowest BCUT2D eigenvalue weighted by molar-refractivity contribution is 0.815. The molecule has 0 aromatic heterocycles. The summed E-state index contributed by atoms with van der Waals surface area (Å²) in [7, 11) is 0. The highest BCUT2D eigenvalue weighted by Crippen LogP contribution is 2.30. The van der Waals surface area contributed by atoms with Crippen molar-refractivity contribution in [3.8, 4) is 0 Å². The molecule has 0 saturated carbocycles. The molecule has 0 nitrogen and oxygen atoms in total. The SMILES string of the molecule is Cc1c(C(C)C)cc(Br)cc1C(C)C. The van der Waals surface area contributed by atoms with Crippen LogP contribution in [0.2, 0.25) is 0 Å². The van der Waals surface area contributed by atoms with Crippen LogP contribution in [0.5, 0.6) is 0 Å². The third kappa shape index (κ3) is 2.38. The van der Waals surface area contributed by atoms with Gasteiger partial charge >= 0.3 is 0 Å². The highest BCUT2D eigenvalue weighted by atomic mass is 79.9. The van der Waals surface area contributed by atoms with Gasteiger partial charge in [-0.1, -0.05) is 43.6 Å². The van der Waals surface area contributed by atoms with Crippen molar-refractivity contribution < 1.29 is 0 Å². The molecule has 1 aromatic rings. The first-order chi connectivity index (χ1) is 6.43. The van der Waals surface area contributed by atoms with Crippen molar-refractivity contribution in [2.24, 2.45) is 0 Å². The van der Waals surface area contributed by atoms with E-state index in [9.17, 15) is 0 Å². The summed E-state index contributed by atoms with van der Waals surface area (Å²) in [6.07, 6.45) is 0. The number of benzene rings is 1. The second-order valence-corrected chi connectivity index (χ2v) is 5.43. The van der Waals surface area contributed by atoms with Gasteiger partial charge in [0, 0.05) is 4.47 Å². The number of hydrogen-bond acceptors (Lipinski definition) is 0. The third-order valence-corrected chi connectivity index (χ3v) is 3.15. The minimum Gasteiger partial charge on any atom is -0.0587 e. The van der Waals surface area contributed by atoms with Crippen molar-refractivity contribution in [2.45, 2.75) is 46.5 Å². The summed E-state index contributed by atoms with van der Waals surface area (Å²) in [6, 6.07) is 4.48. The molecule has 0 atom stereocenters. The Balaban J connectivity index is 3.32. The molecule has 1 aromatic carbocycles. The molecule has 0 spiro atoms. The highest BCUT2D eigenvalue weighted by molar-refractivity contribution is 9.10. The number of halogens is 1. The Hall–Kier alpha value is -0.300. The summed E-state index contributed by atoms with van der Waals surface area (Å²) in [4.78, 5) is 0. The summed E-state index contributed by atoms with van der Waals surface area (Å²) in [6.45, 7) is 11.2. The van der Waals surface area contributed by atoms with Crippen LogP contribution in [-0.2, 0) is 0 Å². The average Bonchev–Trinajstić information content (AvgIpc) is 2.07. The Kier molecular flexibility index (Phi) is 3.77. The largest absolute Gasteiger partial charge is 0.0587 e. The van der Waals surface area contributed by atoms with E-state index < -0.39 is 0 Å². The molecule has 0 aliphatic carbocycles. The molecule has 14 heavy (non-hydrogen) atoms. The fourth-order valence-electron chi connectivity index (χ4n) is 1.92. The van der Waals surface area contributed by atoms with Gasteiger partial charge in [-0.3, -0.25) is 0 Å². The van der Waals surface area contributed by atoms with Crippen molar-refractivity contribution in [2.75, 3.05) is 0 Å². The fraction of sp³-hybridized carbons (Fsp3) is 0.538. The molecule has 0 saturated heterocycles. The molecule has 0 fully saturated rings. The van der Waals surface area contributed by atoms with Crippen molar-refractivity contribution in [1.29, 1.82) is 0 Å². The first kappa shape index (κ1) is 11.8. The van der Waals surface area contributed by atoms with E-state index in [2.05, 4.69) is 62.7 Å². The lowest BCUT2D eigenvalue weighted by Crippen LogP contribution is -1.99. The molecule has 0 radical (unpaired) electrons. The average molecular weight is 255 g/mol. The summed E-state index contributed by atoms with van der Waals surface area (Å²) >= 11 is 3.58. The maximum Gasteiger partial charge on any atom is 0.0181 e. The first-order valence-electron chi connectivity index (χ1n) is 5.23. The van der Waals surface area contributed by atoms with Gasteiger partial charge in [0.1, 0.15) is 0 Å². The first-order valence-corrected chi connectivity index (χ1v) is 6.02. The zero-order valence-electron chi connectivity index (χ0n) is 9.69. The molecule has 1 rings (SSSR count). The maximum absolute atomic E-state index is 3.58. The van der Waals surface area contributed by atoms with Crippen molar-refractivity contribution in [3.63, 3.8) is 0 Å². The molecule has 1 heteroatoms. The number of hydrogen-bond donors (Lipinski definition) is 0. The molecule has 78 valence electrons. The van der Waals surface area contributed by atoms with E-state index in [1.165, 1.54) is 21.2 Å². The lowest BCUT2D eigenvalue weighted by atomic mass is 9.90. The quantitative estimate of drug-likeness (QED) is 0.697. The van der Waals surface area contributed by atoms with Gasteiger partial charge < -0.3 is 0 Å². The Morgan fingerprint density at radius 3 is 1.57 bits per heavy atom. The Bertz CT molecular complexity index is 295. The van der Waals surface area contributed by atoms with E-state index >= 15 is 0 Å². The van der Waals surface area contributed by atoms with Gasteiger partial charge in [0.05, 0.1) is 0 Å². The second kappa shape index (κ2) is 4.48. The van der Waals surface area contributed by atoms with Crippen LogP contribution >= 0.6 is 15.9 Å². The van der Waals surface area contributed by atoms with E-state index in [1.807, 2.05) is 0 Å². The van der Waals surface area contributed by atoms with Crippen molar-refractivity contribution >= 4 is 15.9 Å². The molecule has 0 heterocycles. The van der Waals surface area contributed by atoms with Crippen molar-refractivity contribution in [1.82, 2.24) is 0 Å². The predicted octanol–water partition coefficient (Wildman–Crippen LogP) is 5.00. The van der Waals surface area contributed by atoms with Crippen LogP contribution in [0.4, 0.5) is 0 Å². The summed E-state index contributed by atoms with van der Waals surface area (Å²) in [5, 5.41) is 0. The minimum absolute atomic E-state index is 0.602. The summed E-state index contributed by atoms with van der Waals surface area (Å²) < 4.78 is 1.20. The second-order valence-electron chi connectivity index (χ2n) is 4.52. The lowest BCUT2D eigenvalue weighted by Gasteiger charge is -2.17. The van der Waals surface area contributed by atoms with Gasteiger partial charge in [-0.25, -0.2) is 0 Å². The molecule has 0 bridgehead atoms. The van der Waals surface area contributed by atoms with E-state index in [0.717, 1.165) is 0 Å². The molecular formula is C13H19Br. The van der Waals surface area contributed by atoms with Gasteiger partial charge in [-0.2, -0.15) is 0 Å². The van der Waals surface area contributed by atoms with E-state index in [-0.39, 0.29) is 0 Å². The molecule has 0 N–H and O–H groups in total. The van der Waals surface area contributed by atoms with Gasteiger partial charge in [0.2, 0.25) is 0 Å². The van der Waals surface area contributed by atoms with Gasteiger partial charge in [-0.15, -0.1) is 0 Å². The van der Waals surface area contributed by atoms with E-state index in [4.69, 9.17) is 0 Å². The van der Waals surface area contributed by atoms with Crippen LogP contribution in [0.15, 0.2) is 16.6 Å². The van der Waals surface area contributed by atoms with Crippen LogP contribution in [0.3, 0.4) is 0 Å². The van der Waals surface area contributed by atoms with Crippen LogP contribution < -0.4 is 0 Å². The van der Waals surface area contributed by atoms with E-state index in [1.54, 1.807) is 0 Å². The predicted molar refractivity (Wildman–Crippen MR) is 67.1 cm³/mol. The Labute approximate surface area is 95.9 Å². The third-order valence-electron chi connectivity index (χ3n) is 2.70. The Morgan fingerprint density at radius 2 is 1.29 bits per heavy atom. The molecule has 0 unspecified atom stereocenters. The molecule has 0 aliphatic heterocycles. The normalized spacial score (nSPS) is 11.4.